The Balaban J connectivity index is 1.85. The van der Waals surface area contributed by atoms with Crippen LogP contribution in [0.4, 0.5) is 0 Å². The van der Waals surface area contributed by atoms with Crippen LogP contribution in [0.2, 0.25) is 0 Å². The molecule has 2 N–H and O–H groups in total. The van der Waals surface area contributed by atoms with E-state index in [4.69, 9.17) is 4.74 Å². The zero-order chi connectivity index (χ0) is 10.7. The molecule has 1 aliphatic heterocycles. The number of rotatable bonds is 3. The molecule has 1 aromatic heterocycles. The number of aromatic nitrogens is 2. The van der Waals surface area contributed by atoms with Gasteiger partial charge in [0.25, 0.3) is 5.91 Å². The van der Waals surface area contributed by atoms with Crippen LogP contribution < -0.4 is 5.32 Å². The molecule has 1 atom stereocenters. The van der Waals surface area contributed by atoms with Crippen LogP contribution in [0.1, 0.15) is 16.1 Å². The summed E-state index contributed by atoms with van der Waals surface area (Å²) in [5, 5.41) is 16.1. The number of aliphatic hydroxyl groups is 1. The maximum Gasteiger partial charge on any atom is 0.264 e. The molecule has 82 valence electrons. The molecule has 0 spiro atoms. The lowest BCUT2D eigenvalue weighted by molar-refractivity contribution is 0.0265. The topological polar surface area (TPSA) is 84.3 Å². The van der Waals surface area contributed by atoms with Crippen LogP contribution >= 0.6 is 11.5 Å². The molecule has 0 bridgehead atoms. The Labute approximate surface area is 90.4 Å². The summed E-state index contributed by atoms with van der Waals surface area (Å²) in [5.74, 6) is -0.259. The van der Waals surface area contributed by atoms with Crippen molar-refractivity contribution in [1.29, 1.82) is 0 Å². The second kappa shape index (κ2) is 4.21. The minimum atomic E-state index is -0.923. The first-order chi connectivity index (χ1) is 7.20. The largest absolute Gasteiger partial charge is 0.386 e. The van der Waals surface area contributed by atoms with Crippen molar-refractivity contribution in [1.82, 2.24) is 14.9 Å². The highest BCUT2D eigenvalue weighted by Gasteiger charge is 2.32. The van der Waals surface area contributed by atoms with Crippen molar-refractivity contribution < 1.29 is 14.6 Å². The van der Waals surface area contributed by atoms with Crippen LogP contribution in [0.15, 0.2) is 6.20 Å². The van der Waals surface area contributed by atoms with Gasteiger partial charge in [0.2, 0.25) is 0 Å². The molecule has 0 aliphatic carbocycles. The fourth-order valence-corrected chi connectivity index (χ4v) is 1.77. The van der Waals surface area contributed by atoms with Crippen LogP contribution in [0, 0.1) is 0 Å². The van der Waals surface area contributed by atoms with Crippen LogP contribution in [0.25, 0.3) is 0 Å². The molecular weight excluding hydrogens is 218 g/mol. The lowest BCUT2D eigenvalue weighted by atomic mass is 10.0. The molecule has 6 nitrogen and oxygen atoms in total. The number of carbonyl (C=O) groups excluding carboxylic acids is 1. The first kappa shape index (κ1) is 10.5. The van der Waals surface area contributed by atoms with E-state index in [0.29, 0.717) is 17.9 Å². The van der Waals surface area contributed by atoms with Gasteiger partial charge >= 0.3 is 0 Å². The minimum Gasteiger partial charge on any atom is -0.386 e. The van der Waals surface area contributed by atoms with Gasteiger partial charge < -0.3 is 15.2 Å². The molecule has 0 radical (unpaired) electrons. The Bertz CT molecular complexity index is 335. The van der Waals surface area contributed by atoms with E-state index in [1.165, 1.54) is 6.20 Å². The van der Waals surface area contributed by atoms with Crippen LogP contribution in [-0.4, -0.2) is 46.0 Å². The van der Waals surface area contributed by atoms with Gasteiger partial charge in [-0.2, -0.15) is 0 Å². The predicted molar refractivity (Wildman–Crippen MR) is 52.6 cm³/mol. The monoisotopic (exact) mass is 229 g/mol. The molecule has 0 aromatic carbocycles. The lowest BCUT2D eigenvalue weighted by Crippen LogP contribution is -2.43. The zero-order valence-corrected chi connectivity index (χ0v) is 8.79. The summed E-state index contributed by atoms with van der Waals surface area (Å²) in [7, 11) is 0. The van der Waals surface area contributed by atoms with E-state index < -0.39 is 5.60 Å². The summed E-state index contributed by atoms with van der Waals surface area (Å²) < 4.78 is 8.64. The molecule has 1 amide bonds. The standard InChI is InChI=1S/C8H11N3O3S/c12-7(6-3-10-11-15-6)9-4-8(13)1-2-14-5-8/h3,13H,1-2,4-5H2,(H,9,12). The van der Waals surface area contributed by atoms with E-state index in [-0.39, 0.29) is 19.1 Å². The maximum atomic E-state index is 11.5. The van der Waals surface area contributed by atoms with Gasteiger partial charge in [-0.1, -0.05) is 4.49 Å². The molecule has 2 rings (SSSR count). The number of nitrogens with one attached hydrogen (secondary N) is 1. The average Bonchev–Trinajstić information content (AvgIpc) is 2.85. The molecule has 1 saturated heterocycles. The number of carbonyl (C=O) groups is 1. The third-order valence-corrected chi connectivity index (χ3v) is 2.91. The summed E-state index contributed by atoms with van der Waals surface area (Å²) >= 11 is 1.03. The highest BCUT2D eigenvalue weighted by Crippen LogP contribution is 2.17. The second-order valence-electron chi connectivity index (χ2n) is 3.49. The summed E-state index contributed by atoms with van der Waals surface area (Å²) in [5.41, 5.74) is -0.923. The van der Waals surface area contributed by atoms with E-state index in [9.17, 15) is 9.90 Å². The Kier molecular flexibility index (Phi) is 2.94. The third kappa shape index (κ3) is 2.49. The van der Waals surface area contributed by atoms with E-state index in [1.54, 1.807) is 0 Å². The van der Waals surface area contributed by atoms with Crippen molar-refractivity contribution in [2.24, 2.45) is 0 Å². The lowest BCUT2D eigenvalue weighted by Gasteiger charge is -2.20. The maximum absolute atomic E-state index is 11.5. The number of hydrogen-bond acceptors (Lipinski definition) is 6. The van der Waals surface area contributed by atoms with Crippen LogP contribution in [-0.2, 0) is 4.74 Å². The van der Waals surface area contributed by atoms with Crippen molar-refractivity contribution in [2.75, 3.05) is 19.8 Å². The van der Waals surface area contributed by atoms with E-state index in [1.807, 2.05) is 0 Å². The molecule has 7 heteroatoms. The zero-order valence-electron chi connectivity index (χ0n) is 7.97. The van der Waals surface area contributed by atoms with Gasteiger partial charge in [-0.3, -0.25) is 4.79 Å². The van der Waals surface area contributed by atoms with Crippen LogP contribution in [0.3, 0.4) is 0 Å². The fraction of sp³-hybridized carbons (Fsp3) is 0.625. The quantitative estimate of drug-likeness (QED) is 0.724. The molecular formula is C8H11N3O3S. The Morgan fingerprint density at radius 1 is 1.80 bits per heavy atom. The third-order valence-electron chi connectivity index (χ3n) is 2.25. The van der Waals surface area contributed by atoms with Gasteiger partial charge in [0.05, 0.1) is 12.8 Å². The predicted octanol–water partition coefficient (Wildman–Crippen LogP) is -0.581. The van der Waals surface area contributed by atoms with Crippen LogP contribution in [0.5, 0.6) is 0 Å². The highest BCUT2D eigenvalue weighted by atomic mass is 32.1. The number of ether oxygens (including phenoxy) is 1. The van der Waals surface area contributed by atoms with E-state index in [0.717, 1.165) is 11.5 Å². The van der Waals surface area contributed by atoms with Crippen molar-refractivity contribution in [3.63, 3.8) is 0 Å². The Morgan fingerprint density at radius 2 is 2.67 bits per heavy atom. The van der Waals surface area contributed by atoms with Gasteiger partial charge in [-0.15, -0.1) is 5.10 Å². The van der Waals surface area contributed by atoms with Gasteiger partial charge in [0.15, 0.2) is 0 Å². The molecule has 15 heavy (non-hydrogen) atoms. The SMILES string of the molecule is O=C(NCC1(O)CCOC1)c1cnns1. The molecule has 1 aromatic rings. The normalized spacial score (nSPS) is 25.4. The highest BCUT2D eigenvalue weighted by molar-refractivity contribution is 7.07. The van der Waals surface area contributed by atoms with E-state index in [2.05, 4.69) is 14.9 Å². The summed E-state index contributed by atoms with van der Waals surface area (Å²) in [6.45, 7) is 1.01. The summed E-state index contributed by atoms with van der Waals surface area (Å²) in [4.78, 5) is 11.9. The molecule has 1 aliphatic rings. The molecule has 0 saturated carbocycles. The smallest absolute Gasteiger partial charge is 0.264 e. The van der Waals surface area contributed by atoms with Gasteiger partial charge in [-0.05, 0) is 11.5 Å². The van der Waals surface area contributed by atoms with Crippen molar-refractivity contribution in [3.8, 4) is 0 Å². The molecule has 2 heterocycles. The summed E-state index contributed by atoms with van der Waals surface area (Å²) in [6.07, 6.45) is 1.95. The molecule has 1 unspecified atom stereocenters. The average molecular weight is 229 g/mol. The summed E-state index contributed by atoms with van der Waals surface area (Å²) in [6, 6.07) is 0. The number of hydrogen-bond donors (Lipinski definition) is 2. The van der Waals surface area contributed by atoms with Gasteiger partial charge in [0.1, 0.15) is 10.5 Å². The van der Waals surface area contributed by atoms with E-state index >= 15 is 0 Å². The van der Waals surface area contributed by atoms with Crippen molar-refractivity contribution >= 4 is 17.4 Å². The van der Waals surface area contributed by atoms with Gasteiger partial charge in [0, 0.05) is 19.6 Å². The van der Waals surface area contributed by atoms with Gasteiger partial charge in [-0.25, -0.2) is 0 Å². The molecule has 1 fully saturated rings. The minimum absolute atomic E-state index is 0.198. The Morgan fingerprint density at radius 3 is 3.27 bits per heavy atom. The fourth-order valence-electron chi connectivity index (χ4n) is 1.34. The number of amides is 1. The first-order valence-electron chi connectivity index (χ1n) is 4.55. The van der Waals surface area contributed by atoms with Crippen molar-refractivity contribution in [2.45, 2.75) is 12.0 Å². The first-order valence-corrected chi connectivity index (χ1v) is 5.33. The second-order valence-corrected chi connectivity index (χ2v) is 4.28. The Hall–Kier alpha value is -1.05. The number of nitrogens with zero attached hydrogens (tertiary/aromatic N) is 2. The van der Waals surface area contributed by atoms with Crippen molar-refractivity contribution in [3.05, 3.63) is 11.1 Å².